The fourth-order valence-electron chi connectivity index (χ4n) is 1.55. The van der Waals surface area contributed by atoms with Gasteiger partial charge in [-0.15, -0.1) is 0 Å². The van der Waals surface area contributed by atoms with Gasteiger partial charge in [0.2, 0.25) is 0 Å². The van der Waals surface area contributed by atoms with Gasteiger partial charge in [-0.1, -0.05) is 17.7 Å². The number of nitrogens with one attached hydrogen (secondary N) is 1. The second-order valence-electron chi connectivity index (χ2n) is 4.16. The molecule has 7 heteroatoms. The van der Waals surface area contributed by atoms with E-state index in [0.717, 1.165) is 23.8 Å². The molecule has 0 aliphatic heterocycles. The highest BCUT2D eigenvalue weighted by atomic mass is 79.9. The van der Waals surface area contributed by atoms with Crippen LogP contribution >= 0.6 is 27.5 Å². The van der Waals surface area contributed by atoms with Crippen molar-refractivity contribution in [1.82, 2.24) is 0 Å². The van der Waals surface area contributed by atoms with Crippen LogP contribution in [0.5, 0.6) is 0 Å². The third-order valence-corrected chi connectivity index (χ3v) is 4.88. The van der Waals surface area contributed by atoms with Gasteiger partial charge in [-0.25, -0.2) is 12.8 Å². The summed E-state index contributed by atoms with van der Waals surface area (Å²) >= 11 is 8.88. The maximum absolute atomic E-state index is 13.1. The smallest absolute Gasteiger partial charge is 0.261 e. The molecule has 0 spiro atoms. The van der Waals surface area contributed by atoms with Gasteiger partial charge in [0.25, 0.3) is 10.0 Å². The monoisotopic (exact) mass is 377 g/mol. The van der Waals surface area contributed by atoms with Gasteiger partial charge in [0.15, 0.2) is 0 Å². The first-order chi connectivity index (χ1) is 9.29. The average molecular weight is 379 g/mol. The predicted octanol–water partition coefficient (Wildman–Crippen LogP) is 4.35. The van der Waals surface area contributed by atoms with Gasteiger partial charge in [-0.05, 0) is 58.7 Å². The molecule has 2 rings (SSSR count). The van der Waals surface area contributed by atoms with E-state index in [1.165, 1.54) is 0 Å². The molecule has 0 unspecified atom stereocenters. The van der Waals surface area contributed by atoms with Crippen LogP contribution in [0.2, 0.25) is 5.02 Å². The lowest BCUT2D eigenvalue weighted by molar-refractivity contribution is 0.599. The molecule has 0 radical (unpaired) electrons. The van der Waals surface area contributed by atoms with Crippen molar-refractivity contribution in [2.24, 2.45) is 0 Å². The Balaban J connectivity index is 2.38. The zero-order valence-corrected chi connectivity index (χ0v) is 13.5. The highest BCUT2D eigenvalue weighted by Gasteiger charge is 2.17. The van der Waals surface area contributed by atoms with Gasteiger partial charge in [0, 0.05) is 4.47 Å². The maximum atomic E-state index is 13.1. The summed E-state index contributed by atoms with van der Waals surface area (Å²) in [5.74, 6) is -0.665. The lowest BCUT2D eigenvalue weighted by Gasteiger charge is -2.10. The molecule has 1 N–H and O–H groups in total. The molecule has 20 heavy (non-hydrogen) atoms. The largest absolute Gasteiger partial charge is 0.278 e. The average Bonchev–Trinajstić information content (AvgIpc) is 2.36. The molecular formula is C13H10BrClFNO2S. The lowest BCUT2D eigenvalue weighted by Crippen LogP contribution is -2.13. The number of hydrogen-bond donors (Lipinski definition) is 1. The van der Waals surface area contributed by atoms with Gasteiger partial charge >= 0.3 is 0 Å². The standard InChI is InChI=1S/C13H10BrClFNO2S/c1-8-2-5-13(10(14)6-8)17-20(18,19)9-3-4-12(16)11(15)7-9/h2-7,17H,1H3. The molecule has 3 nitrogen and oxygen atoms in total. The molecule has 0 aliphatic carbocycles. The normalized spacial score (nSPS) is 11.4. The first kappa shape index (κ1) is 15.3. The SMILES string of the molecule is Cc1ccc(NS(=O)(=O)c2ccc(F)c(Cl)c2)c(Br)c1. The summed E-state index contributed by atoms with van der Waals surface area (Å²) < 4.78 is 40.5. The van der Waals surface area contributed by atoms with Crippen LogP contribution in [-0.4, -0.2) is 8.42 Å². The number of benzene rings is 2. The van der Waals surface area contributed by atoms with Gasteiger partial charge in [-0.2, -0.15) is 0 Å². The van der Waals surface area contributed by atoms with Crippen molar-refractivity contribution in [2.75, 3.05) is 4.72 Å². The van der Waals surface area contributed by atoms with E-state index >= 15 is 0 Å². The third kappa shape index (κ3) is 3.31. The molecule has 106 valence electrons. The van der Waals surface area contributed by atoms with Gasteiger partial charge in [-0.3, -0.25) is 4.72 Å². The van der Waals surface area contributed by atoms with E-state index in [-0.39, 0.29) is 9.92 Å². The Labute approximate surface area is 130 Å². The van der Waals surface area contributed by atoms with Crippen LogP contribution in [0.15, 0.2) is 45.8 Å². The molecule has 0 aliphatic rings. The van der Waals surface area contributed by atoms with Crippen molar-refractivity contribution >= 4 is 43.2 Å². The second-order valence-corrected chi connectivity index (χ2v) is 7.11. The van der Waals surface area contributed by atoms with Crippen LogP contribution in [-0.2, 0) is 10.0 Å². The van der Waals surface area contributed by atoms with Crippen molar-refractivity contribution in [1.29, 1.82) is 0 Å². The van der Waals surface area contributed by atoms with Crippen molar-refractivity contribution in [3.05, 3.63) is 57.3 Å². The summed E-state index contributed by atoms with van der Waals surface area (Å²) in [5, 5.41) is -0.240. The first-order valence-electron chi connectivity index (χ1n) is 5.53. The molecule has 0 atom stereocenters. The van der Waals surface area contributed by atoms with Crippen molar-refractivity contribution in [3.8, 4) is 0 Å². The number of anilines is 1. The maximum Gasteiger partial charge on any atom is 0.261 e. The van der Waals surface area contributed by atoms with Crippen molar-refractivity contribution < 1.29 is 12.8 Å². The van der Waals surface area contributed by atoms with Gasteiger partial charge in [0.05, 0.1) is 15.6 Å². The summed E-state index contributed by atoms with van der Waals surface area (Å²) in [6.07, 6.45) is 0. The number of rotatable bonds is 3. The molecule has 0 aromatic heterocycles. The molecule has 0 bridgehead atoms. The quantitative estimate of drug-likeness (QED) is 0.863. The summed E-state index contributed by atoms with van der Waals surface area (Å²) in [5.41, 5.74) is 1.39. The number of hydrogen-bond acceptors (Lipinski definition) is 2. The minimum atomic E-state index is -3.82. The van der Waals surface area contributed by atoms with E-state index in [9.17, 15) is 12.8 Å². The van der Waals surface area contributed by atoms with E-state index in [2.05, 4.69) is 20.7 Å². The fourth-order valence-corrected chi connectivity index (χ4v) is 3.63. The van der Waals surface area contributed by atoms with Gasteiger partial charge in [0.1, 0.15) is 5.82 Å². The second kappa shape index (κ2) is 5.71. The Morgan fingerprint density at radius 3 is 2.50 bits per heavy atom. The molecule has 0 fully saturated rings. The van der Waals surface area contributed by atoms with Crippen LogP contribution < -0.4 is 4.72 Å². The molecule has 0 saturated heterocycles. The Bertz CT molecular complexity index is 765. The number of halogens is 3. The molecule has 0 heterocycles. The van der Waals surface area contributed by atoms with Crippen LogP contribution in [0.4, 0.5) is 10.1 Å². The van der Waals surface area contributed by atoms with Crippen LogP contribution in [0.25, 0.3) is 0 Å². The molecule has 2 aromatic rings. The Morgan fingerprint density at radius 2 is 1.90 bits per heavy atom. The highest BCUT2D eigenvalue weighted by molar-refractivity contribution is 9.10. The summed E-state index contributed by atoms with van der Waals surface area (Å²) in [6.45, 7) is 1.89. The minimum Gasteiger partial charge on any atom is -0.278 e. The van der Waals surface area contributed by atoms with Crippen LogP contribution in [0.3, 0.4) is 0 Å². The van der Waals surface area contributed by atoms with Gasteiger partial charge < -0.3 is 0 Å². The minimum absolute atomic E-state index is 0.101. The van der Waals surface area contributed by atoms with Crippen molar-refractivity contribution in [3.63, 3.8) is 0 Å². The van der Waals surface area contributed by atoms with Crippen molar-refractivity contribution in [2.45, 2.75) is 11.8 Å². The predicted molar refractivity (Wildman–Crippen MR) is 81.1 cm³/mol. The molecule has 0 saturated carbocycles. The van der Waals surface area contributed by atoms with Crippen LogP contribution in [0.1, 0.15) is 5.56 Å². The highest BCUT2D eigenvalue weighted by Crippen LogP contribution is 2.27. The molecule has 2 aromatic carbocycles. The Morgan fingerprint density at radius 1 is 1.20 bits per heavy atom. The number of aryl methyl sites for hydroxylation is 1. The summed E-state index contributed by atoms with van der Waals surface area (Å²) in [6, 6.07) is 8.45. The van der Waals surface area contributed by atoms with Crippen LogP contribution in [0, 0.1) is 12.7 Å². The first-order valence-corrected chi connectivity index (χ1v) is 8.19. The lowest BCUT2D eigenvalue weighted by atomic mass is 10.2. The summed E-state index contributed by atoms with van der Waals surface area (Å²) in [7, 11) is -3.82. The van der Waals surface area contributed by atoms with E-state index in [4.69, 9.17) is 11.6 Å². The topological polar surface area (TPSA) is 46.2 Å². The zero-order chi connectivity index (χ0) is 14.9. The number of sulfonamides is 1. The van der Waals surface area contributed by atoms with E-state index in [0.29, 0.717) is 10.2 Å². The zero-order valence-electron chi connectivity index (χ0n) is 10.3. The third-order valence-electron chi connectivity index (χ3n) is 2.57. The molecule has 0 amide bonds. The summed E-state index contributed by atoms with van der Waals surface area (Å²) in [4.78, 5) is -0.101. The van der Waals surface area contributed by atoms with E-state index in [1.807, 2.05) is 6.92 Å². The van der Waals surface area contributed by atoms with E-state index < -0.39 is 15.8 Å². The molecular weight excluding hydrogens is 369 g/mol. The Hall–Kier alpha value is -1.11. The fraction of sp³-hybridized carbons (Fsp3) is 0.0769. The Kier molecular flexibility index (Phi) is 4.36. The van der Waals surface area contributed by atoms with E-state index in [1.54, 1.807) is 18.2 Å².